The summed E-state index contributed by atoms with van der Waals surface area (Å²) in [6.07, 6.45) is 1.65. The maximum absolute atomic E-state index is 10.5. The Labute approximate surface area is 76.5 Å². The second-order valence-corrected chi connectivity index (χ2v) is 3.16. The lowest BCUT2D eigenvalue weighted by Crippen LogP contribution is -2.20. The maximum atomic E-state index is 10.5. The molecular weight excluding hydrogens is 166 g/mol. The first-order valence-corrected chi connectivity index (χ1v) is 4.29. The van der Waals surface area contributed by atoms with Crippen LogP contribution in [0.5, 0.6) is 5.75 Å². The highest BCUT2D eigenvalue weighted by atomic mass is 16.5. The number of fused-ring (bicyclic) bond motifs is 1. The Kier molecular flexibility index (Phi) is 2.02. The molecule has 0 radical (unpaired) electrons. The van der Waals surface area contributed by atoms with Crippen LogP contribution in [-0.2, 0) is 0 Å². The third-order valence-electron chi connectivity index (χ3n) is 2.26. The number of hydrogen-bond acceptors (Lipinski definition) is 3. The van der Waals surface area contributed by atoms with E-state index in [-0.39, 0.29) is 6.04 Å². The average molecular weight is 177 g/mol. The molecule has 0 saturated carbocycles. The van der Waals surface area contributed by atoms with Crippen molar-refractivity contribution in [2.75, 3.05) is 6.61 Å². The van der Waals surface area contributed by atoms with E-state index in [4.69, 9.17) is 10.5 Å². The molecule has 3 heteroatoms. The number of rotatable bonds is 1. The van der Waals surface area contributed by atoms with Crippen LogP contribution in [-0.4, -0.2) is 12.9 Å². The number of benzene rings is 1. The van der Waals surface area contributed by atoms with Crippen LogP contribution >= 0.6 is 0 Å². The summed E-state index contributed by atoms with van der Waals surface area (Å²) in [5.74, 6) is 0.753. The Balaban J connectivity index is 2.45. The molecule has 1 heterocycles. The van der Waals surface area contributed by atoms with Gasteiger partial charge in [-0.2, -0.15) is 0 Å². The van der Waals surface area contributed by atoms with E-state index in [0.717, 1.165) is 24.0 Å². The summed E-state index contributed by atoms with van der Waals surface area (Å²) in [5, 5.41) is 0. The SMILES string of the molecule is N[C@@H]1CCOc2cc(C=O)ccc21. The van der Waals surface area contributed by atoms with Crippen molar-refractivity contribution in [2.24, 2.45) is 5.73 Å². The fourth-order valence-corrected chi connectivity index (χ4v) is 1.51. The molecule has 1 aromatic rings. The third kappa shape index (κ3) is 1.42. The Bertz CT molecular complexity index is 336. The van der Waals surface area contributed by atoms with Gasteiger partial charge in [0.25, 0.3) is 0 Å². The molecule has 0 bridgehead atoms. The van der Waals surface area contributed by atoms with Gasteiger partial charge in [0, 0.05) is 23.6 Å². The first kappa shape index (κ1) is 8.26. The Morgan fingerprint density at radius 3 is 3.15 bits per heavy atom. The highest BCUT2D eigenvalue weighted by molar-refractivity contribution is 5.76. The number of hydrogen-bond donors (Lipinski definition) is 1. The zero-order valence-corrected chi connectivity index (χ0v) is 7.19. The molecule has 1 atom stereocenters. The van der Waals surface area contributed by atoms with E-state index in [9.17, 15) is 4.79 Å². The van der Waals surface area contributed by atoms with Crippen molar-refractivity contribution in [3.8, 4) is 5.75 Å². The summed E-state index contributed by atoms with van der Waals surface area (Å²) in [4.78, 5) is 10.5. The fraction of sp³-hybridized carbons (Fsp3) is 0.300. The standard InChI is InChI=1S/C10H11NO2/c11-9-3-4-13-10-5-7(6-12)1-2-8(9)10/h1-2,5-6,9H,3-4,11H2/t9-/m1/s1. The highest BCUT2D eigenvalue weighted by Crippen LogP contribution is 2.30. The zero-order valence-electron chi connectivity index (χ0n) is 7.19. The summed E-state index contributed by atoms with van der Waals surface area (Å²) in [6, 6.07) is 5.41. The lowest BCUT2D eigenvalue weighted by molar-refractivity contribution is 0.112. The number of carbonyl (C=O) groups excluding carboxylic acids is 1. The molecular formula is C10H11NO2. The zero-order chi connectivity index (χ0) is 9.26. The molecule has 0 aliphatic carbocycles. The minimum Gasteiger partial charge on any atom is -0.493 e. The minimum atomic E-state index is 0.0458. The molecule has 0 fully saturated rings. The van der Waals surface area contributed by atoms with Gasteiger partial charge in [0.15, 0.2) is 0 Å². The molecule has 3 nitrogen and oxygen atoms in total. The van der Waals surface area contributed by atoms with Gasteiger partial charge < -0.3 is 10.5 Å². The van der Waals surface area contributed by atoms with Gasteiger partial charge in [-0.05, 0) is 6.07 Å². The number of aldehydes is 1. The van der Waals surface area contributed by atoms with Crippen LogP contribution in [0.1, 0.15) is 28.4 Å². The van der Waals surface area contributed by atoms with Crippen LogP contribution in [0.2, 0.25) is 0 Å². The monoisotopic (exact) mass is 177 g/mol. The Morgan fingerprint density at radius 1 is 1.54 bits per heavy atom. The molecule has 2 rings (SSSR count). The molecule has 0 spiro atoms. The Hall–Kier alpha value is -1.35. The quantitative estimate of drug-likeness (QED) is 0.657. The van der Waals surface area contributed by atoms with Gasteiger partial charge in [0.05, 0.1) is 6.61 Å². The van der Waals surface area contributed by atoms with Crippen LogP contribution in [0.15, 0.2) is 18.2 Å². The second kappa shape index (κ2) is 3.18. The van der Waals surface area contributed by atoms with Crippen molar-refractivity contribution in [3.05, 3.63) is 29.3 Å². The van der Waals surface area contributed by atoms with Crippen molar-refractivity contribution in [3.63, 3.8) is 0 Å². The van der Waals surface area contributed by atoms with Crippen LogP contribution in [0.4, 0.5) is 0 Å². The molecule has 13 heavy (non-hydrogen) atoms. The molecule has 2 N–H and O–H groups in total. The van der Waals surface area contributed by atoms with Gasteiger partial charge in [-0.1, -0.05) is 12.1 Å². The van der Waals surface area contributed by atoms with Crippen molar-refractivity contribution in [1.29, 1.82) is 0 Å². The van der Waals surface area contributed by atoms with Crippen molar-refractivity contribution in [1.82, 2.24) is 0 Å². The van der Waals surface area contributed by atoms with E-state index in [1.807, 2.05) is 6.07 Å². The summed E-state index contributed by atoms with van der Waals surface area (Å²) in [5.41, 5.74) is 7.50. The number of carbonyl (C=O) groups is 1. The van der Waals surface area contributed by atoms with Crippen molar-refractivity contribution in [2.45, 2.75) is 12.5 Å². The van der Waals surface area contributed by atoms with Gasteiger partial charge in [-0.3, -0.25) is 4.79 Å². The van der Waals surface area contributed by atoms with E-state index in [1.165, 1.54) is 0 Å². The largest absolute Gasteiger partial charge is 0.493 e. The van der Waals surface area contributed by atoms with E-state index < -0.39 is 0 Å². The third-order valence-corrected chi connectivity index (χ3v) is 2.26. The van der Waals surface area contributed by atoms with E-state index >= 15 is 0 Å². The second-order valence-electron chi connectivity index (χ2n) is 3.16. The van der Waals surface area contributed by atoms with E-state index in [2.05, 4.69) is 0 Å². The van der Waals surface area contributed by atoms with Crippen LogP contribution < -0.4 is 10.5 Å². The minimum absolute atomic E-state index is 0.0458. The van der Waals surface area contributed by atoms with Crippen LogP contribution in [0.3, 0.4) is 0 Å². The normalized spacial score (nSPS) is 20.2. The summed E-state index contributed by atoms with van der Waals surface area (Å²) < 4.78 is 5.40. The lowest BCUT2D eigenvalue weighted by atomic mass is 10.00. The van der Waals surface area contributed by atoms with Gasteiger partial charge >= 0.3 is 0 Å². The summed E-state index contributed by atoms with van der Waals surface area (Å²) in [6.45, 7) is 0.635. The molecule has 0 unspecified atom stereocenters. The van der Waals surface area contributed by atoms with Gasteiger partial charge in [-0.25, -0.2) is 0 Å². The first-order valence-electron chi connectivity index (χ1n) is 4.29. The molecule has 0 amide bonds. The average Bonchev–Trinajstić information content (AvgIpc) is 2.18. The maximum Gasteiger partial charge on any atom is 0.150 e. The predicted octanol–water partition coefficient (Wildman–Crippen LogP) is 1.28. The first-order chi connectivity index (χ1) is 6.31. The smallest absolute Gasteiger partial charge is 0.150 e. The highest BCUT2D eigenvalue weighted by Gasteiger charge is 2.17. The van der Waals surface area contributed by atoms with Crippen molar-refractivity contribution < 1.29 is 9.53 Å². The molecule has 0 saturated heterocycles. The summed E-state index contributed by atoms with van der Waals surface area (Å²) in [7, 11) is 0. The molecule has 68 valence electrons. The molecule has 1 aliphatic heterocycles. The van der Waals surface area contributed by atoms with Crippen molar-refractivity contribution >= 4 is 6.29 Å². The molecule has 0 aromatic heterocycles. The van der Waals surface area contributed by atoms with Crippen LogP contribution in [0.25, 0.3) is 0 Å². The fourth-order valence-electron chi connectivity index (χ4n) is 1.51. The predicted molar refractivity (Wildman–Crippen MR) is 48.9 cm³/mol. The van der Waals surface area contributed by atoms with E-state index in [0.29, 0.717) is 12.2 Å². The topological polar surface area (TPSA) is 52.3 Å². The van der Waals surface area contributed by atoms with Gasteiger partial charge in [-0.15, -0.1) is 0 Å². The Morgan fingerprint density at radius 2 is 2.38 bits per heavy atom. The molecule has 1 aliphatic rings. The number of nitrogens with two attached hydrogens (primary N) is 1. The van der Waals surface area contributed by atoms with E-state index in [1.54, 1.807) is 12.1 Å². The van der Waals surface area contributed by atoms with Gasteiger partial charge in [0.2, 0.25) is 0 Å². The number of ether oxygens (including phenoxy) is 1. The van der Waals surface area contributed by atoms with Gasteiger partial charge in [0.1, 0.15) is 12.0 Å². The van der Waals surface area contributed by atoms with Crippen LogP contribution in [0, 0.1) is 0 Å². The molecule has 1 aromatic carbocycles. The lowest BCUT2D eigenvalue weighted by Gasteiger charge is -2.22. The summed E-state index contributed by atoms with van der Waals surface area (Å²) >= 11 is 0.